The van der Waals surface area contributed by atoms with Gasteiger partial charge in [-0.3, -0.25) is 9.78 Å². The number of hydrogen-bond acceptors (Lipinski definition) is 4. The summed E-state index contributed by atoms with van der Waals surface area (Å²) in [6, 6.07) is 8.61. The first kappa shape index (κ1) is 20.0. The number of hydrogen-bond donors (Lipinski definition) is 1. The Morgan fingerprint density at radius 1 is 1.14 bits per heavy atom. The summed E-state index contributed by atoms with van der Waals surface area (Å²) >= 11 is 0. The number of rotatable bonds is 5. The second-order valence-corrected chi connectivity index (χ2v) is 9.67. The van der Waals surface area contributed by atoms with E-state index in [9.17, 15) is 13.2 Å². The van der Waals surface area contributed by atoms with Crippen molar-refractivity contribution in [1.82, 2.24) is 14.6 Å². The van der Waals surface area contributed by atoms with Crippen molar-refractivity contribution in [3.8, 4) is 0 Å². The summed E-state index contributed by atoms with van der Waals surface area (Å²) in [4.78, 5) is 16.6. The standard InChI is InChI=1S/C21H24FN3O3S/c22-21(20(26)24-14-16-7-10-23-11-8-16)9-2-12-25(15-21)29(27,28)19-6-5-17-3-1-4-18(17)13-19/h5-8,10-11,13H,1-4,9,12,14-15H2,(H,24,26)/t21-/m0/s1. The van der Waals surface area contributed by atoms with E-state index in [1.54, 1.807) is 36.7 Å². The molecule has 1 aromatic carbocycles. The quantitative estimate of drug-likeness (QED) is 0.810. The van der Waals surface area contributed by atoms with Gasteiger partial charge < -0.3 is 5.32 Å². The number of carbonyl (C=O) groups is 1. The number of aromatic nitrogens is 1. The Hall–Kier alpha value is -2.32. The van der Waals surface area contributed by atoms with Gasteiger partial charge in [-0.25, -0.2) is 12.8 Å². The highest BCUT2D eigenvalue weighted by Crippen LogP contribution is 2.31. The zero-order valence-electron chi connectivity index (χ0n) is 16.1. The van der Waals surface area contributed by atoms with Crippen LogP contribution in [0.1, 0.15) is 36.0 Å². The third-order valence-corrected chi connectivity index (χ3v) is 7.57. The van der Waals surface area contributed by atoms with E-state index in [2.05, 4.69) is 10.3 Å². The van der Waals surface area contributed by atoms with Gasteiger partial charge in [0.15, 0.2) is 0 Å². The first-order chi connectivity index (χ1) is 13.9. The normalized spacial score (nSPS) is 22.2. The Labute approximate surface area is 170 Å². The van der Waals surface area contributed by atoms with Crippen molar-refractivity contribution in [2.45, 2.75) is 49.2 Å². The molecule has 0 bridgehead atoms. The number of fused-ring (bicyclic) bond motifs is 1. The molecule has 0 unspecified atom stereocenters. The van der Waals surface area contributed by atoms with Gasteiger partial charge in [0.05, 0.1) is 11.4 Å². The van der Waals surface area contributed by atoms with Crippen molar-refractivity contribution < 1.29 is 17.6 Å². The second-order valence-electron chi connectivity index (χ2n) is 7.73. The first-order valence-electron chi connectivity index (χ1n) is 9.87. The molecule has 1 saturated heterocycles. The van der Waals surface area contributed by atoms with Gasteiger partial charge in [-0.15, -0.1) is 0 Å². The van der Waals surface area contributed by atoms with E-state index in [1.807, 2.05) is 6.07 Å². The van der Waals surface area contributed by atoms with Crippen LogP contribution in [0.5, 0.6) is 0 Å². The van der Waals surface area contributed by atoms with Crippen LogP contribution < -0.4 is 5.32 Å². The first-order valence-corrected chi connectivity index (χ1v) is 11.3. The van der Waals surface area contributed by atoms with E-state index in [0.29, 0.717) is 6.42 Å². The van der Waals surface area contributed by atoms with Gasteiger partial charge in [0, 0.05) is 25.5 Å². The average molecular weight is 418 g/mol. The lowest BCUT2D eigenvalue weighted by Gasteiger charge is -2.35. The lowest BCUT2D eigenvalue weighted by Crippen LogP contribution is -2.55. The Morgan fingerprint density at radius 3 is 2.69 bits per heavy atom. The maximum absolute atomic E-state index is 15.5. The minimum Gasteiger partial charge on any atom is -0.349 e. The molecule has 1 aliphatic carbocycles. The summed E-state index contributed by atoms with van der Waals surface area (Å²) in [6.07, 6.45) is 6.34. The van der Waals surface area contributed by atoms with Crippen LogP contribution in [0.25, 0.3) is 0 Å². The molecule has 1 fully saturated rings. The fourth-order valence-corrected chi connectivity index (χ4v) is 5.64. The molecule has 29 heavy (non-hydrogen) atoms. The summed E-state index contributed by atoms with van der Waals surface area (Å²) < 4.78 is 42.8. The molecule has 0 radical (unpaired) electrons. The highest BCUT2D eigenvalue weighted by Gasteiger charge is 2.46. The Balaban J connectivity index is 1.48. The van der Waals surface area contributed by atoms with Crippen LogP contribution in [-0.4, -0.2) is 42.4 Å². The SMILES string of the molecule is O=C(NCc1ccncc1)[C@]1(F)CCCN(S(=O)(=O)c2ccc3c(c2)CCC3)C1. The average Bonchev–Trinajstić information content (AvgIpc) is 3.20. The summed E-state index contributed by atoms with van der Waals surface area (Å²) in [5, 5.41) is 2.59. The van der Waals surface area contributed by atoms with E-state index >= 15 is 4.39 Å². The van der Waals surface area contributed by atoms with Crippen molar-refractivity contribution in [2.75, 3.05) is 13.1 Å². The zero-order valence-corrected chi connectivity index (χ0v) is 16.9. The van der Waals surface area contributed by atoms with Crippen LogP contribution in [0.15, 0.2) is 47.6 Å². The molecule has 1 amide bonds. The smallest absolute Gasteiger partial charge is 0.259 e. The molecule has 0 spiro atoms. The number of alkyl halides is 1. The molecule has 1 N–H and O–H groups in total. The molecule has 2 aliphatic rings. The number of nitrogens with one attached hydrogen (secondary N) is 1. The molecule has 0 saturated carbocycles. The summed E-state index contributed by atoms with van der Waals surface area (Å²) in [6.45, 7) is -0.0814. The fourth-order valence-electron chi connectivity index (χ4n) is 4.06. The molecule has 154 valence electrons. The van der Waals surface area contributed by atoms with Gasteiger partial charge in [0.1, 0.15) is 0 Å². The Bertz CT molecular complexity index is 1010. The van der Waals surface area contributed by atoms with E-state index in [4.69, 9.17) is 0 Å². The summed E-state index contributed by atoms with van der Waals surface area (Å²) in [5.41, 5.74) is 0.785. The molecule has 1 atom stereocenters. The van der Waals surface area contributed by atoms with E-state index < -0.39 is 28.1 Å². The largest absolute Gasteiger partial charge is 0.349 e. The minimum atomic E-state index is -3.85. The number of pyridine rings is 1. The predicted molar refractivity (Wildman–Crippen MR) is 106 cm³/mol. The number of nitrogens with zero attached hydrogens (tertiary/aromatic N) is 2. The number of carbonyl (C=O) groups excluding carboxylic acids is 1. The van der Waals surface area contributed by atoms with Crippen LogP contribution in [0.4, 0.5) is 4.39 Å². The Kier molecular flexibility index (Phi) is 5.40. The highest BCUT2D eigenvalue weighted by atomic mass is 32.2. The molecule has 1 aromatic heterocycles. The number of halogens is 1. The maximum Gasteiger partial charge on any atom is 0.259 e. The number of amides is 1. The fraction of sp³-hybridized carbons (Fsp3) is 0.429. The van der Waals surface area contributed by atoms with Gasteiger partial charge in [0.2, 0.25) is 15.7 Å². The molecule has 2 aromatic rings. The van der Waals surface area contributed by atoms with E-state index in [0.717, 1.165) is 34.7 Å². The van der Waals surface area contributed by atoms with Crippen LogP contribution in [0.2, 0.25) is 0 Å². The number of sulfonamides is 1. The zero-order chi connectivity index (χ0) is 20.5. The molecule has 6 nitrogen and oxygen atoms in total. The number of benzene rings is 1. The predicted octanol–water partition coefficient (Wildman–Crippen LogP) is 2.38. The summed E-state index contributed by atoms with van der Waals surface area (Å²) in [7, 11) is -3.85. The molecule has 8 heteroatoms. The van der Waals surface area contributed by atoms with Gasteiger partial charge >= 0.3 is 0 Å². The molecular weight excluding hydrogens is 393 g/mol. The van der Waals surface area contributed by atoms with Crippen LogP contribution in [-0.2, 0) is 34.2 Å². The summed E-state index contributed by atoms with van der Waals surface area (Å²) in [5.74, 6) is -0.775. The van der Waals surface area contributed by atoms with Crippen molar-refractivity contribution in [2.24, 2.45) is 0 Å². The topological polar surface area (TPSA) is 79.4 Å². The maximum atomic E-state index is 15.5. The highest BCUT2D eigenvalue weighted by molar-refractivity contribution is 7.89. The third kappa shape index (κ3) is 4.04. The lowest BCUT2D eigenvalue weighted by molar-refractivity contribution is -0.135. The van der Waals surface area contributed by atoms with Crippen molar-refractivity contribution in [3.63, 3.8) is 0 Å². The van der Waals surface area contributed by atoms with Gasteiger partial charge in [-0.05, 0) is 73.1 Å². The Morgan fingerprint density at radius 2 is 1.90 bits per heavy atom. The van der Waals surface area contributed by atoms with Crippen molar-refractivity contribution in [3.05, 3.63) is 59.4 Å². The number of piperidine rings is 1. The lowest BCUT2D eigenvalue weighted by atomic mass is 9.95. The van der Waals surface area contributed by atoms with Crippen molar-refractivity contribution >= 4 is 15.9 Å². The molecular formula is C21H24FN3O3S. The number of aryl methyl sites for hydroxylation is 2. The van der Waals surface area contributed by atoms with E-state index in [1.165, 1.54) is 5.56 Å². The second kappa shape index (κ2) is 7.84. The molecule has 2 heterocycles. The van der Waals surface area contributed by atoms with Gasteiger partial charge in [0.25, 0.3) is 5.91 Å². The van der Waals surface area contributed by atoms with Crippen LogP contribution >= 0.6 is 0 Å². The van der Waals surface area contributed by atoms with Crippen LogP contribution in [0, 0.1) is 0 Å². The van der Waals surface area contributed by atoms with E-state index in [-0.39, 0.29) is 24.4 Å². The third-order valence-electron chi connectivity index (χ3n) is 5.72. The molecule has 4 rings (SSSR count). The van der Waals surface area contributed by atoms with Crippen LogP contribution in [0.3, 0.4) is 0 Å². The minimum absolute atomic E-state index is 0.00534. The molecule has 1 aliphatic heterocycles. The van der Waals surface area contributed by atoms with Gasteiger partial charge in [-0.2, -0.15) is 4.31 Å². The monoisotopic (exact) mass is 417 g/mol. The van der Waals surface area contributed by atoms with Crippen molar-refractivity contribution in [1.29, 1.82) is 0 Å². The van der Waals surface area contributed by atoms with Gasteiger partial charge in [-0.1, -0.05) is 6.07 Å².